The number of aliphatic carboxylic acids is 1. The van der Waals surface area contributed by atoms with Crippen LogP contribution in [-0.2, 0) is 16.8 Å². The van der Waals surface area contributed by atoms with Gasteiger partial charge < -0.3 is 5.11 Å². The minimum atomic E-state index is -0.896. The minimum absolute atomic E-state index is 0.751. The molecule has 1 fully saturated rings. The lowest BCUT2D eigenvalue weighted by molar-refractivity contribution is -0.152. The molecule has 0 aromatic heterocycles. The first-order valence-corrected chi connectivity index (χ1v) is 7.17. The molecule has 1 N–H and O–H groups in total. The van der Waals surface area contributed by atoms with Crippen molar-refractivity contribution in [3.8, 4) is 0 Å². The van der Waals surface area contributed by atoms with E-state index in [4.69, 9.17) is 0 Å². The van der Waals surface area contributed by atoms with Gasteiger partial charge in [-0.05, 0) is 50.4 Å². The number of aryl methyl sites for hydroxylation is 1. The smallest absolute Gasteiger partial charge is 0.328 e. The Morgan fingerprint density at radius 2 is 1.79 bits per heavy atom. The highest BCUT2D eigenvalue weighted by Gasteiger charge is 2.41. The van der Waals surface area contributed by atoms with Gasteiger partial charge >= 0.3 is 5.97 Å². The fourth-order valence-corrected chi connectivity index (χ4v) is 2.85. The molecule has 1 saturated heterocycles. The summed E-state index contributed by atoms with van der Waals surface area (Å²) in [6, 6.07) is 8.03. The molecule has 3 heteroatoms. The monoisotopic (exact) mass is 261 g/mol. The molecule has 1 heterocycles. The first-order chi connectivity index (χ1) is 9.09. The van der Waals surface area contributed by atoms with Gasteiger partial charge in [-0.15, -0.1) is 0 Å². The molecule has 1 aliphatic heterocycles. The first-order valence-electron chi connectivity index (χ1n) is 7.17. The zero-order valence-corrected chi connectivity index (χ0v) is 11.9. The van der Waals surface area contributed by atoms with E-state index in [0.717, 1.165) is 37.9 Å². The van der Waals surface area contributed by atoms with Gasteiger partial charge in [-0.3, -0.25) is 4.90 Å². The van der Waals surface area contributed by atoms with Crippen LogP contribution < -0.4 is 0 Å². The Labute approximate surface area is 115 Å². The third kappa shape index (κ3) is 2.66. The Hall–Kier alpha value is -1.35. The van der Waals surface area contributed by atoms with Crippen molar-refractivity contribution >= 4 is 5.97 Å². The van der Waals surface area contributed by atoms with E-state index < -0.39 is 11.5 Å². The molecule has 1 aromatic rings. The van der Waals surface area contributed by atoms with Crippen molar-refractivity contribution in [2.45, 2.75) is 45.1 Å². The Morgan fingerprint density at radius 3 is 2.26 bits per heavy atom. The number of hydrogen-bond acceptors (Lipinski definition) is 2. The predicted molar refractivity (Wildman–Crippen MR) is 76.2 cm³/mol. The standard InChI is InChI=1S/C16H23NO2/c1-3-13-7-9-14(10-8-13)16(2,15(18)19)17-11-5-4-6-12-17/h7-10H,3-6,11-12H2,1-2H3,(H,18,19). The second kappa shape index (κ2) is 5.74. The van der Waals surface area contributed by atoms with Crippen LogP contribution in [0.4, 0.5) is 0 Å². The lowest BCUT2D eigenvalue weighted by Gasteiger charge is -2.40. The van der Waals surface area contributed by atoms with E-state index in [2.05, 4.69) is 11.8 Å². The summed E-state index contributed by atoms with van der Waals surface area (Å²) in [6.07, 6.45) is 4.38. The third-order valence-corrected chi connectivity index (χ3v) is 4.33. The fraction of sp³-hybridized carbons (Fsp3) is 0.562. The van der Waals surface area contributed by atoms with Gasteiger partial charge in [0.05, 0.1) is 0 Å². The summed E-state index contributed by atoms with van der Waals surface area (Å²) >= 11 is 0. The maximum atomic E-state index is 11.8. The lowest BCUT2D eigenvalue weighted by atomic mass is 9.87. The van der Waals surface area contributed by atoms with Gasteiger partial charge in [-0.25, -0.2) is 4.79 Å². The number of hydrogen-bond donors (Lipinski definition) is 1. The van der Waals surface area contributed by atoms with Crippen LogP contribution in [-0.4, -0.2) is 29.1 Å². The van der Waals surface area contributed by atoms with Crippen LogP contribution in [0, 0.1) is 0 Å². The highest BCUT2D eigenvalue weighted by molar-refractivity contribution is 5.80. The van der Waals surface area contributed by atoms with E-state index in [1.54, 1.807) is 0 Å². The predicted octanol–water partition coefficient (Wildman–Crippen LogP) is 3.03. The minimum Gasteiger partial charge on any atom is -0.480 e. The summed E-state index contributed by atoms with van der Waals surface area (Å²) in [7, 11) is 0. The van der Waals surface area contributed by atoms with Crippen LogP contribution >= 0.6 is 0 Å². The van der Waals surface area contributed by atoms with E-state index >= 15 is 0 Å². The largest absolute Gasteiger partial charge is 0.480 e. The SMILES string of the molecule is CCc1ccc(C(C)(C(=O)O)N2CCCCC2)cc1. The Balaban J connectivity index is 2.33. The topological polar surface area (TPSA) is 40.5 Å². The van der Waals surface area contributed by atoms with Crippen molar-refractivity contribution in [1.29, 1.82) is 0 Å². The molecule has 0 aliphatic carbocycles. The van der Waals surface area contributed by atoms with Crippen LogP contribution in [0.2, 0.25) is 0 Å². The number of carboxylic acid groups (broad SMARTS) is 1. The molecule has 3 nitrogen and oxygen atoms in total. The molecule has 1 atom stereocenters. The molecule has 0 amide bonds. The highest BCUT2D eigenvalue weighted by atomic mass is 16.4. The Bertz CT molecular complexity index is 435. The van der Waals surface area contributed by atoms with E-state index in [0.29, 0.717) is 0 Å². The molecule has 1 aromatic carbocycles. The van der Waals surface area contributed by atoms with Crippen molar-refractivity contribution in [1.82, 2.24) is 4.90 Å². The van der Waals surface area contributed by atoms with Gasteiger partial charge in [-0.1, -0.05) is 37.6 Å². The highest BCUT2D eigenvalue weighted by Crippen LogP contribution is 2.31. The van der Waals surface area contributed by atoms with Crippen molar-refractivity contribution in [3.05, 3.63) is 35.4 Å². The van der Waals surface area contributed by atoms with Crippen molar-refractivity contribution < 1.29 is 9.90 Å². The van der Waals surface area contributed by atoms with Gasteiger partial charge in [0.1, 0.15) is 5.54 Å². The third-order valence-electron chi connectivity index (χ3n) is 4.33. The molecular formula is C16H23NO2. The van der Waals surface area contributed by atoms with E-state index in [9.17, 15) is 9.90 Å². The molecule has 2 rings (SSSR count). The fourth-order valence-electron chi connectivity index (χ4n) is 2.85. The Kier molecular flexibility index (Phi) is 4.25. The maximum Gasteiger partial charge on any atom is 0.328 e. The number of carboxylic acids is 1. The number of benzene rings is 1. The number of piperidine rings is 1. The number of carbonyl (C=O) groups is 1. The zero-order valence-electron chi connectivity index (χ0n) is 11.9. The number of likely N-dealkylation sites (tertiary alicyclic amines) is 1. The summed E-state index contributed by atoms with van der Waals surface area (Å²) in [5, 5.41) is 9.72. The molecule has 19 heavy (non-hydrogen) atoms. The molecule has 1 unspecified atom stereocenters. The van der Waals surface area contributed by atoms with E-state index in [-0.39, 0.29) is 0 Å². The molecule has 1 aliphatic rings. The van der Waals surface area contributed by atoms with E-state index in [1.165, 1.54) is 12.0 Å². The summed E-state index contributed by atoms with van der Waals surface area (Å²) in [5.74, 6) is -0.751. The van der Waals surface area contributed by atoms with Crippen LogP contribution in [0.1, 0.15) is 44.2 Å². The number of rotatable bonds is 4. The van der Waals surface area contributed by atoms with Crippen LogP contribution in [0.5, 0.6) is 0 Å². The zero-order chi connectivity index (χ0) is 13.9. The van der Waals surface area contributed by atoms with Crippen molar-refractivity contribution in [2.75, 3.05) is 13.1 Å². The molecule has 0 saturated carbocycles. The molecular weight excluding hydrogens is 238 g/mol. The summed E-state index contributed by atoms with van der Waals surface area (Å²) in [4.78, 5) is 13.9. The lowest BCUT2D eigenvalue weighted by Crippen LogP contribution is -2.51. The van der Waals surface area contributed by atoms with Crippen LogP contribution in [0.15, 0.2) is 24.3 Å². The van der Waals surface area contributed by atoms with E-state index in [1.807, 2.05) is 31.2 Å². The maximum absolute atomic E-state index is 11.8. The summed E-state index contributed by atoms with van der Waals surface area (Å²) < 4.78 is 0. The molecule has 0 bridgehead atoms. The first kappa shape index (κ1) is 14.1. The van der Waals surface area contributed by atoms with Crippen molar-refractivity contribution in [3.63, 3.8) is 0 Å². The molecule has 0 radical (unpaired) electrons. The molecule has 0 spiro atoms. The van der Waals surface area contributed by atoms with Crippen molar-refractivity contribution in [2.24, 2.45) is 0 Å². The van der Waals surface area contributed by atoms with Gasteiger partial charge in [0.2, 0.25) is 0 Å². The Morgan fingerprint density at radius 1 is 1.21 bits per heavy atom. The molecule has 104 valence electrons. The number of nitrogens with zero attached hydrogens (tertiary/aromatic N) is 1. The average Bonchev–Trinajstić information content (AvgIpc) is 2.47. The van der Waals surface area contributed by atoms with Gasteiger partial charge in [0, 0.05) is 0 Å². The summed E-state index contributed by atoms with van der Waals surface area (Å²) in [5.41, 5.74) is 1.24. The quantitative estimate of drug-likeness (QED) is 0.905. The summed E-state index contributed by atoms with van der Waals surface area (Å²) in [6.45, 7) is 5.69. The van der Waals surface area contributed by atoms with Crippen LogP contribution in [0.25, 0.3) is 0 Å². The average molecular weight is 261 g/mol. The second-order valence-corrected chi connectivity index (χ2v) is 5.48. The van der Waals surface area contributed by atoms with Gasteiger partial charge in [-0.2, -0.15) is 0 Å². The van der Waals surface area contributed by atoms with Crippen LogP contribution in [0.3, 0.4) is 0 Å². The second-order valence-electron chi connectivity index (χ2n) is 5.48. The normalized spacial score (nSPS) is 19.9. The van der Waals surface area contributed by atoms with Gasteiger partial charge in [0.15, 0.2) is 0 Å². The van der Waals surface area contributed by atoms with Gasteiger partial charge in [0.25, 0.3) is 0 Å².